The first-order chi connectivity index (χ1) is 48.9. The van der Waals surface area contributed by atoms with Crippen LogP contribution >= 0.6 is 33.2 Å². The average Bonchev–Trinajstić information content (AvgIpc) is 1.56. The predicted octanol–water partition coefficient (Wildman–Crippen LogP) is 3.43. The lowest BCUT2D eigenvalue weighted by Gasteiger charge is -2.41. The van der Waals surface area contributed by atoms with Gasteiger partial charge in [-0.1, -0.05) is 45.9 Å². The fourth-order valence-corrected chi connectivity index (χ4v) is 13.6. The standard InChI is InChI=1S/C66H64ClN15O18S2/c1-29(83)99-47-22-46-51(39-6-4-3-5-38(39)47)33(23-67)27-82(46)62(93)43-20-32-18-36(12-14-41(32)76-43)74-59(90)42-19-31-17-35(11-13-40(31)75-42)72-50(86)28-102-101-16-15-48(84)79-52-54(87)55(88)56(100-65(52)98-2)61(92)71-26-45(64(96)97)77-49(85)21-44(63(94)95)78-58(89)30-7-9-34(10-8-30)69-24-37-25-70-57-53(73-37)60(91)81-66(68)80-57/h3-14,17-20,22,25,33,44-45,52,54-56,65,69,75-76,87-88H,15-16,21,23-24,26-28H2,1-2H3,(H,71,92)(H,72,86)(H,74,90)(H,77,85)(H,78,89)(H,79,84)(H,94,95)(H,96,97)(H3,68,70,80,81,91)/t33?,44-,45-,52-,54?,55-,56?,65+/m0/s1. The molecule has 0 aliphatic carbocycles. The summed E-state index contributed by atoms with van der Waals surface area (Å²) in [6.45, 7) is 0.880. The number of benzene rings is 5. The summed E-state index contributed by atoms with van der Waals surface area (Å²) < 4.78 is 16.4. The Morgan fingerprint density at radius 2 is 1.44 bits per heavy atom. The molecule has 4 aromatic heterocycles. The molecule has 11 rings (SSSR count). The molecule has 7 amide bonds. The van der Waals surface area contributed by atoms with Crippen LogP contribution in [-0.2, 0) is 49.6 Å². The lowest BCUT2D eigenvalue weighted by Crippen LogP contribution is -2.66. The number of aromatic amines is 3. The maximum absolute atomic E-state index is 14.2. The number of carboxylic acids is 2. The summed E-state index contributed by atoms with van der Waals surface area (Å²) in [7, 11) is 3.48. The van der Waals surface area contributed by atoms with Crippen molar-refractivity contribution < 1.29 is 82.6 Å². The zero-order valence-corrected chi connectivity index (χ0v) is 56.1. The van der Waals surface area contributed by atoms with Gasteiger partial charge in [-0.05, 0) is 83.7 Å². The van der Waals surface area contributed by atoms with E-state index in [1.54, 1.807) is 59.5 Å². The van der Waals surface area contributed by atoms with E-state index in [1.165, 1.54) is 48.2 Å². The van der Waals surface area contributed by atoms with E-state index in [0.29, 0.717) is 68.2 Å². The molecule has 0 bridgehead atoms. The Balaban J connectivity index is 0.590. The number of methoxy groups -OCH3 is 1. The Morgan fingerprint density at radius 1 is 0.765 bits per heavy atom. The summed E-state index contributed by atoms with van der Waals surface area (Å²) in [6, 6.07) is 23.3. The fourth-order valence-electron chi connectivity index (χ4n) is 11.5. The first kappa shape index (κ1) is 72.1. The number of carboxylic acid groups (broad SMARTS) is 2. The van der Waals surface area contributed by atoms with Crippen LogP contribution in [0, 0.1) is 0 Å². The van der Waals surface area contributed by atoms with Gasteiger partial charge in [0, 0.05) is 107 Å². The van der Waals surface area contributed by atoms with E-state index in [9.17, 15) is 73.2 Å². The average molecular weight is 1450 g/mol. The number of rotatable bonds is 27. The summed E-state index contributed by atoms with van der Waals surface area (Å²) in [5, 5.41) is 62.4. The predicted molar refractivity (Wildman–Crippen MR) is 375 cm³/mol. The lowest BCUT2D eigenvalue weighted by molar-refractivity contribution is -0.252. The third-order valence-corrected chi connectivity index (χ3v) is 19.0. The van der Waals surface area contributed by atoms with Crippen LogP contribution < -0.4 is 58.1 Å². The molecule has 36 heteroatoms. The number of hydrogen-bond donors (Lipinski definition) is 15. The number of alkyl halides is 1. The number of aliphatic carboxylic acids is 2. The smallest absolute Gasteiger partial charge is 0.328 e. The number of aromatic nitrogens is 6. The second kappa shape index (κ2) is 31.5. The van der Waals surface area contributed by atoms with Crippen molar-refractivity contribution in [1.82, 2.24) is 51.2 Å². The van der Waals surface area contributed by atoms with E-state index < -0.39 is 109 Å². The van der Waals surface area contributed by atoms with Gasteiger partial charge in [-0.3, -0.25) is 48.1 Å². The van der Waals surface area contributed by atoms with Gasteiger partial charge in [-0.15, -0.1) is 11.6 Å². The van der Waals surface area contributed by atoms with Gasteiger partial charge in [0.25, 0.3) is 29.2 Å². The molecule has 0 spiro atoms. The second-order valence-corrected chi connectivity index (χ2v) is 26.3. The molecule has 102 heavy (non-hydrogen) atoms. The third-order valence-electron chi connectivity index (χ3n) is 16.4. The van der Waals surface area contributed by atoms with E-state index in [4.69, 9.17) is 31.5 Å². The topological polar surface area (TPSA) is 496 Å². The number of aliphatic hydroxyl groups is 2. The molecule has 2 aliphatic heterocycles. The Kier molecular flexibility index (Phi) is 22.3. The molecule has 16 N–H and O–H groups in total. The molecule has 5 aromatic carbocycles. The summed E-state index contributed by atoms with van der Waals surface area (Å²) in [5.41, 5.74) is 10.0. The first-order valence-electron chi connectivity index (χ1n) is 31.2. The molecule has 3 unspecified atom stereocenters. The van der Waals surface area contributed by atoms with Crippen LogP contribution in [0.5, 0.6) is 5.75 Å². The van der Waals surface area contributed by atoms with Crippen LogP contribution in [-0.4, -0.2) is 190 Å². The van der Waals surface area contributed by atoms with Gasteiger partial charge in [-0.25, -0.2) is 19.6 Å². The van der Waals surface area contributed by atoms with E-state index in [2.05, 4.69) is 67.1 Å². The highest BCUT2D eigenvalue weighted by Crippen LogP contribution is 2.46. The van der Waals surface area contributed by atoms with Crippen LogP contribution in [0.3, 0.4) is 0 Å². The third kappa shape index (κ3) is 16.6. The summed E-state index contributed by atoms with van der Waals surface area (Å²) in [6.07, 6.45) is -7.00. The van der Waals surface area contributed by atoms with Crippen molar-refractivity contribution in [2.45, 2.75) is 75.0 Å². The zero-order valence-electron chi connectivity index (χ0n) is 53.7. The minimum Gasteiger partial charge on any atom is -0.480 e. The van der Waals surface area contributed by atoms with Crippen LogP contribution in [0.1, 0.15) is 68.3 Å². The van der Waals surface area contributed by atoms with E-state index in [1.807, 2.05) is 24.3 Å². The van der Waals surface area contributed by atoms with Crippen molar-refractivity contribution in [3.05, 3.63) is 148 Å². The maximum Gasteiger partial charge on any atom is 0.328 e. The van der Waals surface area contributed by atoms with Crippen molar-refractivity contribution in [2.75, 3.05) is 64.2 Å². The Hall–Kier alpha value is -11.2. The number of amides is 7. The van der Waals surface area contributed by atoms with Gasteiger partial charge in [0.15, 0.2) is 23.6 Å². The number of H-pyrrole nitrogens is 3. The van der Waals surface area contributed by atoms with Crippen molar-refractivity contribution in [3.8, 4) is 5.75 Å². The molecule has 530 valence electrons. The molecule has 9 aromatic rings. The lowest BCUT2D eigenvalue weighted by atomic mass is 9.95. The van der Waals surface area contributed by atoms with Gasteiger partial charge in [0.2, 0.25) is 23.7 Å². The Bertz CT molecular complexity index is 4860. The van der Waals surface area contributed by atoms with Gasteiger partial charge >= 0.3 is 17.9 Å². The van der Waals surface area contributed by atoms with Crippen LogP contribution in [0.4, 0.5) is 28.7 Å². The molecular formula is C66H64ClN15O18S2. The molecule has 1 saturated heterocycles. The number of nitrogens with two attached hydrogens (primary N) is 1. The molecule has 0 radical (unpaired) electrons. The summed E-state index contributed by atoms with van der Waals surface area (Å²) in [4.78, 5) is 164. The number of nitrogens with one attached hydrogen (secondary N) is 10. The van der Waals surface area contributed by atoms with E-state index >= 15 is 0 Å². The number of hydrogen-bond acceptors (Lipinski definition) is 23. The molecule has 8 atom stereocenters. The highest BCUT2D eigenvalue weighted by Gasteiger charge is 2.48. The number of aliphatic hydroxyl groups excluding tert-OH is 2. The normalized spacial score (nSPS) is 17.6. The second-order valence-electron chi connectivity index (χ2n) is 23.4. The zero-order chi connectivity index (χ0) is 72.6. The highest BCUT2D eigenvalue weighted by atomic mass is 35.5. The van der Waals surface area contributed by atoms with Crippen LogP contribution in [0.15, 0.2) is 114 Å². The number of nitrogens with zero attached hydrogens (tertiary/aromatic N) is 4. The molecule has 2 aliphatic rings. The number of carbonyl (C=O) groups is 10. The number of ether oxygens (including phenoxy) is 3. The molecule has 6 heterocycles. The van der Waals surface area contributed by atoms with Crippen molar-refractivity contribution >= 4 is 165 Å². The monoisotopic (exact) mass is 1450 g/mol. The van der Waals surface area contributed by atoms with Gasteiger partial charge in [0.1, 0.15) is 47.5 Å². The molecule has 33 nitrogen and oxygen atoms in total. The molecule has 1 fully saturated rings. The number of fused-ring (bicyclic) bond motifs is 6. The number of carbonyl (C=O) groups excluding carboxylic acids is 8. The number of esters is 1. The number of nitrogen functional groups attached to an aromatic ring is 1. The minimum atomic E-state index is -2.01. The quantitative estimate of drug-likeness (QED) is 0.0115. The van der Waals surface area contributed by atoms with Gasteiger partial charge in [-0.2, -0.15) is 4.98 Å². The van der Waals surface area contributed by atoms with Crippen LogP contribution in [0.2, 0.25) is 0 Å². The van der Waals surface area contributed by atoms with E-state index in [-0.39, 0.29) is 76.5 Å². The highest BCUT2D eigenvalue weighted by molar-refractivity contribution is 8.76. The summed E-state index contributed by atoms with van der Waals surface area (Å²) in [5.74, 6) is -8.37. The van der Waals surface area contributed by atoms with Gasteiger partial charge < -0.3 is 92.5 Å². The number of anilines is 5. The minimum absolute atomic E-state index is 0.0112. The molecular weight excluding hydrogens is 1390 g/mol. The maximum atomic E-state index is 14.2. The largest absolute Gasteiger partial charge is 0.480 e. The van der Waals surface area contributed by atoms with Gasteiger partial charge in [0.05, 0.1) is 36.3 Å². The van der Waals surface area contributed by atoms with E-state index in [0.717, 1.165) is 34.2 Å². The molecule has 0 saturated carbocycles. The van der Waals surface area contributed by atoms with Crippen molar-refractivity contribution in [2.24, 2.45) is 0 Å². The van der Waals surface area contributed by atoms with Crippen molar-refractivity contribution in [1.29, 1.82) is 0 Å². The summed E-state index contributed by atoms with van der Waals surface area (Å²) >= 11 is 6.47. The number of halogens is 1. The fraction of sp³-hybridized carbons (Fsp3) is 0.273. The Labute approximate surface area is 588 Å². The van der Waals surface area contributed by atoms with Crippen LogP contribution in [0.25, 0.3) is 43.7 Å². The SMILES string of the molecule is CO[C@@H]1OC(C(=O)NC[C@H](NC(=O)C[C@H](NC(=O)c2ccc(NCc3cnc4nc(N)[nH]c(=O)c4n3)cc2)C(=O)O)C(=O)O)[C@@H](O)C(O)[C@@H]1NC(=O)CCSSCC(=O)Nc1ccc2[nH]c(C(=O)Nc3ccc4[nH]c(C(=O)N5CC(CCl)c6c5cc(OC(C)=O)c5ccccc65)cc4c3)cc2c1. The Morgan fingerprint density at radius 3 is 2.13 bits per heavy atom. The van der Waals surface area contributed by atoms with Crippen molar-refractivity contribution in [3.63, 3.8) is 0 Å². The first-order valence-corrected chi connectivity index (χ1v) is 34.2.